The predicted octanol–water partition coefficient (Wildman–Crippen LogP) is 3.75. The Bertz CT molecular complexity index is 798. The molecule has 0 unspecified atom stereocenters. The van der Waals surface area contributed by atoms with Gasteiger partial charge in [0.2, 0.25) is 0 Å². The van der Waals surface area contributed by atoms with Crippen LogP contribution in [0.4, 0.5) is 5.82 Å². The molecule has 0 fully saturated rings. The fourth-order valence-electron chi connectivity index (χ4n) is 2.37. The van der Waals surface area contributed by atoms with Gasteiger partial charge in [0.1, 0.15) is 29.0 Å². The smallest absolute Gasteiger partial charge is 0.263 e. The largest absolute Gasteiger partial charge is 0.497 e. The molecule has 1 aromatic carbocycles. The van der Waals surface area contributed by atoms with Crippen molar-refractivity contribution in [3.63, 3.8) is 0 Å². The van der Waals surface area contributed by atoms with Crippen molar-refractivity contribution < 1.29 is 9.26 Å². The van der Waals surface area contributed by atoms with Crippen LogP contribution in [0.5, 0.6) is 5.75 Å². The number of ether oxygens (including phenoxy) is 1. The summed E-state index contributed by atoms with van der Waals surface area (Å²) in [7, 11) is 1.64. The Morgan fingerprint density at radius 1 is 1.26 bits per heavy atom. The van der Waals surface area contributed by atoms with Crippen molar-refractivity contribution >= 4 is 16.9 Å². The van der Waals surface area contributed by atoms with Crippen LogP contribution in [0.15, 0.2) is 35.1 Å². The van der Waals surface area contributed by atoms with E-state index in [1.807, 2.05) is 24.3 Å². The maximum absolute atomic E-state index is 5.36. The molecule has 0 radical (unpaired) electrons. The van der Waals surface area contributed by atoms with E-state index in [4.69, 9.17) is 9.26 Å². The van der Waals surface area contributed by atoms with Crippen molar-refractivity contribution in [1.82, 2.24) is 15.1 Å². The molecule has 0 aliphatic heterocycles. The van der Waals surface area contributed by atoms with E-state index in [-0.39, 0.29) is 0 Å². The molecule has 0 aliphatic carbocycles. The molecule has 0 saturated carbocycles. The summed E-state index contributed by atoms with van der Waals surface area (Å²) in [6.45, 7) is 5.23. The lowest BCUT2D eigenvalue weighted by Crippen LogP contribution is -2.06. The van der Waals surface area contributed by atoms with Gasteiger partial charge in [-0.15, -0.1) is 0 Å². The lowest BCUT2D eigenvalue weighted by molar-refractivity contribution is 0.415. The van der Waals surface area contributed by atoms with E-state index in [1.54, 1.807) is 7.11 Å². The minimum Gasteiger partial charge on any atom is -0.497 e. The van der Waals surface area contributed by atoms with Gasteiger partial charge in [-0.1, -0.05) is 31.1 Å². The zero-order valence-corrected chi connectivity index (χ0v) is 13.5. The second-order valence-corrected chi connectivity index (χ2v) is 5.77. The number of hydrogen-bond donors (Lipinski definition) is 1. The minimum absolute atomic E-state index is 0.477. The maximum atomic E-state index is 5.36. The standard InChI is InChI=1S/C17H20N4O2/c1-11(2)7-8-18-16-14-15(21-23-17(14)20-10-19-16)12-5-4-6-13(9-12)22-3/h4-6,9-11H,7-8H2,1-3H3,(H,18,19,20). The summed E-state index contributed by atoms with van der Waals surface area (Å²) in [5.74, 6) is 2.14. The van der Waals surface area contributed by atoms with Gasteiger partial charge in [0, 0.05) is 12.1 Å². The number of aromatic nitrogens is 3. The predicted molar refractivity (Wildman–Crippen MR) is 89.5 cm³/mol. The molecule has 2 heterocycles. The fourth-order valence-corrected chi connectivity index (χ4v) is 2.37. The number of fused-ring (bicyclic) bond motifs is 1. The van der Waals surface area contributed by atoms with Crippen molar-refractivity contribution in [2.75, 3.05) is 19.0 Å². The Morgan fingerprint density at radius 3 is 2.91 bits per heavy atom. The summed E-state index contributed by atoms with van der Waals surface area (Å²) in [5, 5.41) is 8.33. The van der Waals surface area contributed by atoms with Gasteiger partial charge >= 0.3 is 0 Å². The number of hydrogen-bond acceptors (Lipinski definition) is 6. The molecule has 6 nitrogen and oxygen atoms in total. The Balaban J connectivity index is 2.00. The van der Waals surface area contributed by atoms with Crippen LogP contribution in [-0.4, -0.2) is 28.8 Å². The first-order chi connectivity index (χ1) is 11.2. The highest BCUT2D eigenvalue weighted by Crippen LogP contribution is 2.32. The lowest BCUT2D eigenvalue weighted by atomic mass is 10.1. The van der Waals surface area contributed by atoms with Crippen LogP contribution in [0.25, 0.3) is 22.4 Å². The molecule has 23 heavy (non-hydrogen) atoms. The number of nitrogens with zero attached hydrogens (tertiary/aromatic N) is 3. The van der Waals surface area contributed by atoms with E-state index >= 15 is 0 Å². The van der Waals surface area contributed by atoms with Crippen LogP contribution in [0.3, 0.4) is 0 Å². The first-order valence-corrected chi connectivity index (χ1v) is 7.67. The van der Waals surface area contributed by atoms with E-state index in [0.717, 1.165) is 35.5 Å². The molecular weight excluding hydrogens is 292 g/mol. The second-order valence-electron chi connectivity index (χ2n) is 5.77. The summed E-state index contributed by atoms with van der Waals surface area (Å²) in [6.07, 6.45) is 2.55. The summed E-state index contributed by atoms with van der Waals surface area (Å²) < 4.78 is 10.6. The molecule has 0 saturated heterocycles. The number of methoxy groups -OCH3 is 1. The number of benzene rings is 1. The number of nitrogens with one attached hydrogen (secondary N) is 1. The van der Waals surface area contributed by atoms with Crippen LogP contribution in [0.1, 0.15) is 20.3 Å². The van der Waals surface area contributed by atoms with Crippen molar-refractivity contribution in [1.29, 1.82) is 0 Å². The zero-order chi connectivity index (χ0) is 16.2. The monoisotopic (exact) mass is 312 g/mol. The van der Waals surface area contributed by atoms with Gasteiger partial charge in [0.05, 0.1) is 7.11 Å². The maximum Gasteiger partial charge on any atom is 0.263 e. The quantitative estimate of drug-likeness (QED) is 0.747. The molecule has 0 atom stereocenters. The SMILES string of the molecule is COc1cccc(-c2noc3ncnc(NCCC(C)C)c23)c1. The van der Waals surface area contributed by atoms with Crippen LogP contribution in [-0.2, 0) is 0 Å². The van der Waals surface area contributed by atoms with Crippen molar-refractivity contribution in [2.45, 2.75) is 20.3 Å². The highest BCUT2D eigenvalue weighted by Gasteiger charge is 2.17. The molecular formula is C17H20N4O2. The van der Waals surface area contributed by atoms with Gasteiger partial charge in [0.25, 0.3) is 5.71 Å². The van der Waals surface area contributed by atoms with Crippen LogP contribution in [0, 0.1) is 5.92 Å². The molecule has 0 spiro atoms. The molecule has 3 aromatic rings. The van der Waals surface area contributed by atoms with E-state index < -0.39 is 0 Å². The fraction of sp³-hybridized carbons (Fsp3) is 0.353. The van der Waals surface area contributed by atoms with Gasteiger partial charge in [-0.2, -0.15) is 4.98 Å². The number of rotatable bonds is 6. The Kier molecular flexibility index (Phi) is 4.41. The second kappa shape index (κ2) is 6.64. The molecule has 0 bridgehead atoms. The normalized spacial score (nSPS) is 11.1. The average Bonchev–Trinajstić information content (AvgIpc) is 2.99. The molecule has 0 amide bonds. The van der Waals surface area contributed by atoms with Gasteiger partial charge in [-0.25, -0.2) is 4.98 Å². The summed E-state index contributed by atoms with van der Waals surface area (Å²) in [5.41, 5.74) is 2.10. The molecule has 3 rings (SSSR count). The van der Waals surface area contributed by atoms with Gasteiger partial charge in [-0.05, 0) is 24.5 Å². The van der Waals surface area contributed by atoms with Crippen molar-refractivity contribution in [3.8, 4) is 17.0 Å². The number of anilines is 1. The topological polar surface area (TPSA) is 73.1 Å². The zero-order valence-electron chi connectivity index (χ0n) is 13.5. The summed E-state index contributed by atoms with van der Waals surface area (Å²) in [4.78, 5) is 8.51. The van der Waals surface area contributed by atoms with Gasteiger partial charge < -0.3 is 14.6 Å². The van der Waals surface area contributed by atoms with Crippen LogP contribution < -0.4 is 10.1 Å². The first kappa shape index (κ1) is 15.3. The average molecular weight is 312 g/mol. The highest BCUT2D eigenvalue weighted by atomic mass is 16.5. The van der Waals surface area contributed by atoms with Crippen molar-refractivity contribution in [2.24, 2.45) is 5.92 Å². The van der Waals surface area contributed by atoms with Crippen LogP contribution in [0.2, 0.25) is 0 Å². The van der Waals surface area contributed by atoms with Crippen molar-refractivity contribution in [3.05, 3.63) is 30.6 Å². The Hall–Kier alpha value is -2.63. The molecule has 1 N–H and O–H groups in total. The lowest BCUT2D eigenvalue weighted by Gasteiger charge is -2.08. The van der Waals surface area contributed by atoms with Crippen LogP contribution >= 0.6 is 0 Å². The molecule has 120 valence electrons. The highest BCUT2D eigenvalue weighted by molar-refractivity contribution is 5.97. The van der Waals surface area contributed by atoms with E-state index in [2.05, 4.69) is 34.3 Å². The molecule has 0 aliphatic rings. The molecule has 2 aromatic heterocycles. The summed E-state index contributed by atoms with van der Waals surface area (Å²) in [6, 6.07) is 7.70. The third-order valence-electron chi connectivity index (χ3n) is 3.63. The van der Waals surface area contributed by atoms with Gasteiger partial charge in [0.15, 0.2) is 0 Å². The summed E-state index contributed by atoms with van der Waals surface area (Å²) >= 11 is 0. The van der Waals surface area contributed by atoms with E-state index in [1.165, 1.54) is 6.33 Å². The van der Waals surface area contributed by atoms with E-state index in [0.29, 0.717) is 17.3 Å². The van der Waals surface area contributed by atoms with E-state index in [9.17, 15) is 0 Å². The Labute approximate surface area is 134 Å². The third kappa shape index (κ3) is 3.26. The first-order valence-electron chi connectivity index (χ1n) is 7.67. The molecule has 6 heteroatoms. The third-order valence-corrected chi connectivity index (χ3v) is 3.63. The van der Waals surface area contributed by atoms with Gasteiger partial charge in [-0.3, -0.25) is 0 Å². The minimum atomic E-state index is 0.477. The Morgan fingerprint density at radius 2 is 2.13 bits per heavy atom.